The Bertz CT molecular complexity index is 263. The van der Waals surface area contributed by atoms with Gasteiger partial charge in [0.1, 0.15) is 0 Å². The number of ketones is 1. The average molecular weight is 293 g/mol. The topological polar surface area (TPSA) is 30.0 Å². The third-order valence-corrected chi connectivity index (χ3v) is 3.01. The van der Waals surface area contributed by atoms with E-state index in [1.54, 1.807) is 12.4 Å². The maximum absolute atomic E-state index is 11.2. The molecule has 1 aromatic rings. The van der Waals surface area contributed by atoms with Gasteiger partial charge in [0.05, 0.1) is 10.2 Å². The van der Waals surface area contributed by atoms with Crippen molar-refractivity contribution in [2.75, 3.05) is 5.33 Å². The second-order valence-electron chi connectivity index (χ2n) is 2.24. The van der Waals surface area contributed by atoms with Gasteiger partial charge in [0, 0.05) is 12.4 Å². The van der Waals surface area contributed by atoms with Crippen LogP contribution in [0.5, 0.6) is 0 Å². The molecule has 0 spiro atoms. The van der Waals surface area contributed by atoms with Crippen molar-refractivity contribution in [3.05, 3.63) is 30.1 Å². The predicted octanol–water partition coefficient (Wildman–Crippen LogP) is 2.48. The molecule has 2 nitrogen and oxygen atoms in total. The van der Waals surface area contributed by atoms with Gasteiger partial charge in [-0.15, -0.1) is 0 Å². The van der Waals surface area contributed by atoms with Crippen molar-refractivity contribution in [1.29, 1.82) is 0 Å². The molecule has 0 N–H and O–H groups in total. The minimum atomic E-state index is -0.222. The van der Waals surface area contributed by atoms with E-state index in [1.807, 2.05) is 12.1 Å². The van der Waals surface area contributed by atoms with E-state index in [4.69, 9.17) is 0 Å². The molecule has 12 heavy (non-hydrogen) atoms. The van der Waals surface area contributed by atoms with Gasteiger partial charge in [0.25, 0.3) is 0 Å². The van der Waals surface area contributed by atoms with Crippen LogP contribution in [0.3, 0.4) is 0 Å². The molecule has 0 saturated heterocycles. The largest absolute Gasteiger partial charge is 0.297 e. The van der Waals surface area contributed by atoms with Crippen LogP contribution in [0.4, 0.5) is 0 Å². The van der Waals surface area contributed by atoms with Gasteiger partial charge in [-0.25, -0.2) is 0 Å². The second-order valence-corrected chi connectivity index (χ2v) is 3.72. The molecule has 0 bridgehead atoms. The highest BCUT2D eigenvalue weighted by Gasteiger charge is 2.14. The van der Waals surface area contributed by atoms with Crippen molar-refractivity contribution in [3.63, 3.8) is 0 Å². The molecule has 1 unspecified atom stereocenters. The van der Waals surface area contributed by atoms with Crippen molar-refractivity contribution < 1.29 is 4.79 Å². The van der Waals surface area contributed by atoms with Crippen LogP contribution in [-0.2, 0) is 4.79 Å². The lowest BCUT2D eigenvalue weighted by atomic mass is 10.1. The fraction of sp³-hybridized carbons (Fsp3) is 0.250. The second kappa shape index (κ2) is 4.72. The van der Waals surface area contributed by atoms with Crippen molar-refractivity contribution in [2.24, 2.45) is 0 Å². The first kappa shape index (κ1) is 9.86. The summed E-state index contributed by atoms with van der Waals surface area (Å²) in [7, 11) is 0. The van der Waals surface area contributed by atoms with E-state index in [0.29, 0.717) is 5.33 Å². The van der Waals surface area contributed by atoms with E-state index in [1.165, 1.54) is 0 Å². The third-order valence-electron chi connectivity index (χ3n) is 1.41. The lowest BCUT2D eigenvalue weighted by Crippen LogP contribution is -2.07. The number of Topliss-reactive ketones (excluding diaryl/α,β-unsaturated/α-hetero) is 1. The van der Waals surface area contributed by atoms with Crippen LogP contribution in [0, 0.1) is 0 Å². The van der Waals surface area contributed by atoms with Crippen molar-refractivity contribution in [3.8, 4) is 0 Å². The molecule has 1 heterocycles. The number of hydrogen-bond acceptors (Lipinski definition) is 2. The number of carbonyl (C=O) groups is 1. The first-order valence-corrected chi connectivity index (χ1v) is 5.42. The molecule has 1 atom stereocenters. The lowest BCUT2D eigenvalue weighted by Gasteiger charge is -2.05. The number of carbonyl (C=O) groups excluding carboxylic acids is 1. The van der Waals surface area contributed by atoms with E-state index in [9.17, 15) is 4.79 Å². The molecule has 0 aliphatic rings. The zero-order valence-electron chi connectivity index (χ0n) is 6.21. The fourth-order valence-corrected chi connectivity index (χ4v) is 2.01. The summed E-state index contributed by atoms with van der Waals surface area (Å²) >= 11 is 6.42. The molecule has 4 heteroatoms. The van der Waals surface area contributed by atoms with Crippen LogP contribution in [0.2, 0.25) is 0 Å². The van der Waals surface area contributed by atoms with Crippen molar-refractivity contribution in [1.82, 2.24) is 4.98 Å². The molecule has 1 rings (SSSR count). The van der Waals surface area contributed by atoms with E-state index in [0.717, 1.165) is 5.56 Å². The normalized spacial score (nSPS) is 12.5. The lowest BCUT2D eigenvalue weighted by molar-refractivity contribution is -0.116. The number of halogens is 2. The van der Waals surface area contributed by atoms with Crippen LogP contribution in [0.1, 0.15) is 10.4 Å². The van der Waals surface area contributed by atoms with Crippen LogP contribution < -0.4 is 0 Å². The highest BCUT2D eigenvalue weighted by atomic mass is 79.9. The smallest absolute Gasteiger partial charge is 0.161 e. The first-order chi connectivity index (χ1) is 5.75. The maximum atomic E-state index is 11.2. The number of pyridine rings is 1. The Morgan fingerprint density at radius 2 is 2.08 bits per heavy atom. The fourth-order valence-electron chi connectivity index (χ4n) is 0.786. The van der Waals surface area contributed by atoms with Crippen LogP contribution in [0.25, 0.3) is 0 Å². The van der Waals surface area contributed by atoms with Gasteiger partial charge in [0.15, 0.2) is 5.78 Å². The number of aromatic nitrogens is 1. The van der Waals surface area contributed by atoms with Gasteiger partial charge in [-0.05, 0) is 17.7 Å². The Hall–Kier alpha value is -0.220. The average Bonchev–Trinajstić information content (AvgIpc) is 2.17. The minimum absolute atomic E-state index is 0.112. The van der Waals surface area contributed by atoms with E-state index in [-0.39, 0.29) is 10.6 Å². The number of alkyl halides is 2. The van der Waals surface area contributed by atoms with Crippen molar-refractivity contribution >= 4 is 37.6 Å². The summed E-state index contributed by atoms with van der Waals surface area (Å²) in [5, 5.41) is 0.366. The van der Waals surface area contributed by atoms with E-state index >= 15 is 0 Å². The SMILES string of the molecule is O=C(CBr)C(Br)c1ccncc1. The first-order valence-electron chi connectivity index (χ1n) is 3.38. The monoisotopic (exact) mass is 291 g/mol. The molecular weight excluding hydrogens is 286 g/mol. The Morgan fingerprint density at radius 1 is 1.50 bits per heavy atom. The van der Waals surface area contributed by atoms with E-state index < -0.39 is 0 Å². The molecule has 1 aromatic heterocycles. The summed E-state index contributed by atoms with van der Waals surface area (Å²) in [6.45, 7) is 0. The molecule has 0 amide bonds. The molecule has 64 valence electrons. The van der Waals surface area contributed by atoms with Crippen LogP contribution >= 0.6 is 31.9 Å². The van der Waals surface area contributed by atoms with Gasteiger partial charge in [-0.2, -0.15) is 0 Å². The Balaban J connectivity index is 2.78. The minimum Gasteiger partial charge on any atom is -0.297 e. The predicted molar refractivity (Wildman–Crippen MR) is 54.7 cm³/mol. The summed E-state index contributed by atoms with van der Waals surface area (Å²) in [4.78, 5) is 14.8. The van der Waals surface area contributed by atoms with Crippen LogP contribution in [-0.4, -0.2) is 16.1 Å². The quantitative estimate of drug-likeness (QED) is 0.801. The molecule has 0 aromatic carbocycles. The Labute approximate surface area is 87.6 Å². The number of hydrogen-bond donors (Lipinski definition) is 0. The Kier molecular flexibility index (Phi) is 3.88. The summed E-state index contributed by atoms with van der Waals surface area (Å²) in [6, 6.07) is 3.64. The molecule has 0 radical (unpaired) electrons. The molecule has 0 aliphatic carbocycles. The molecule has 0 aliphatic heterocycles. The molecule has 0 saturated carbocycles. The van der Waals surface area contributed by atoms with Gasteiger partial charge in [-0.1, -0.05) is 31.9 Å². The molecular formula is C8H7Br2NO. The van der Waals surface area contributed by atoms with Gasteiger partial charge in [0.2, 0.25) is 0 Å². The highest BCUT2D eigenvalue weighted by molar-refractivity contribution is 9.10. The van der Waals surface area contributed by atoms with Gasteiger partial charge < -0.3 is 0 Å². The van der Waals surface area contributed by atoms with E-state index in [2.05, 4.69) is 36.8 Å². The van der Waals surface area contributed by atoms with Gasteiger partial charge in [-0.3, -0.25) is 9.78 Å². The zero-order valence-corrected chi connectivity index (χ0v) is 9.38. The summed E-state index contributed by atoms with van der Waals surface area (Å²) < 4.78 is 0. The number of nitrogens with zero attached hydrogens (tertiary/aromatic N) is 1. The molecule has 0 fully saturated rings. The number of rotatable bonds is 3. The van der Waals surface area contributed by atoms with Crippen LogP contribution in [0.15, 0.2) is 24.5 Å². The third kappa shape index (κ3) is 2.38. The van der Waals surface area contributed by atoms with Crippen molar-refractivity contribution in [2.45, 2.75) is 4.83 Å². The highest BCUT2D eigenvalue weighted by Crippen LogP contribution is 2.23. The standard InChI is InChI=1S/C8H7Br2NO/c9-5-7(12)8(10)6-1-3-11-4-2-6/h1-4,8H,5H2. The Morgan fingerprint density at radius 3 is 2.58 bits per heavy atom. The maximum Gasteiger partial charge on any atom is 0.161 e. The summed E-state index contributed by atoms with van der Waals surface area (Å²) in [6.07, 6.45) is 3.34. The summed E-state index contributed by atoms with van der Waals surface area (Å²) in [5.41, 5.74) is 0.939. The van der Waals surface area contributed by atoms with Gasteiger partial charge >= 0.3 is 0 Å². The summed E-state index contributed by atoms with van der Waals surface area (Å²) in [5.74, 6) is 0.112. The zero-order chi connectivity index (χ0) is 8.97.